The van der Waals surface area contributed by atoms with Crippen molar-refractivity contribution in [1.82, 2.24) is 19.9 Å². The Morgan fingerprint density at radius 3 is 2.56 bits per heavy atom. The first-order valence-corrected chi connectivity index (χ1v) is 13.1. The van der Waals surface area contributed by atoms with E-state index in [2.05, 4.69) is 49.2 Å². The van der Waals surface area contributed by atoms with Crippen molar-refractivity contribution in [3.8, 4) is 0 Å². The maximum atomic E-state index is 12.4. The highest BCUT2D eigenvalue weighted by atomic mass is 35.5. The molecule has 190 valence electrons. The van der Waals surface area contributed by atoms with E-state index in [1.54, 1.807) is 18.3 Å². The standard InChI is InChI=1S/C26H30Cl2N6O2/c1-18-16-33(25-23(28)14-20(15-29-25)26(35)30-24-8-13-36-31-24)11-12-34(18)22-6-9-32(10-7-22)17-19-2-4-21(27)5-3-19/h2-5,8,13-15,18,22H,6-7,9-12,16-17H2,1H3,(H,30,31,35)/t18-/m0/s1. The van der Waals surface area contributed by atoms with Crippen molar-refractivity contribution in [3.63, 3.8) is 0 Å². The zero-order chi connectivity index (χ0) is 25.1. The van der Waals surface area contributed by atoms with Gasteiger partial charge in [-0.3, -0.25) is 14.6 Å². The van der Waals surface area contributed by atoms with Crippen molar-refractivity contribution in [2.24, 2.45) is 0 Å². The van der Waals surface area contributed by atoms with Crippen LogP contribution >= 0.6 is 23.2 Å². The number of carbonyl (C=O) groups is 1. The van der Waals surface area contributed by atoms with Crippen LogP contribution in [0.25, 0.3) is 0 Å². The van der Waals surface area contributed by atoms with Crippen LogP contribution in [0.15, 0.2) is 53.4 Å². The van der Waals surface area contributed by atoms with Gasteiger partial charge in [0.1, 0.15) is 12.1 Å². The molecular weight excluding hydrogens is 499 g/mol. The minimum Gasteiger partial charge on any atom is -0.363 e. The SMILES string of the molecule is C[C@H]1CN(c2ncc(C(=O)Nc3ccon3)cc2Cl)CCN1C1CCN(Cc2ccc(Cl)cc2)CC1. The molecule has 2 aliphatic rings. The third-order valence-electron chi connectivity index (χ3n) is 7.09. The molecule has 2 fully saturated rings. The van der Waals surface area contributed by atoms with Crippen molar-refractivity contribution in [2.75, 3.05) is 42.9 Å². The Hall–Kier alpha value is -2.65. The number of hydrogen-bond acceptors (Lipinski definition) is 7. The first-order valence-electron chi connectivity index (χ1n) is 12.3. The largest absolute Gasteiger partial charge is 0.363 e. The third kappa shape index (κ3) is 5.83. The smallest absolute Gasteiger partial charge is 0.258 e. The molecule has 3 aromatic rings. The van der Waals surface area contributed by atoms with Crippen LogP contribution in [-0.4, -0.2) is 70.7 Å². The number of aromatic nitrogens is 2. The Morgan fingerprint density at radius 2 is 1.89 bits per heavy atom. The summed E-state index contributed by atoms with van der Waals surface area (Å²) in [5.74, 6) is 0.741. The van der Waals surface area contributed by atoms with E-state index in [1.165, 1.54) is 24.7 Å². The van der Waals surface area contributed by atoms with Crippen molar-refractivity contribution >= 4 is 40.7 Å². The summed E-state index contributed by atoms with van der Waals surface area (Å²) in [6.45, 7) is 8.13. The number of nitrogens with one attached hydrogen (secondary N) is 1. The maximum Gasteiger partial charge on any atom is 0.258 e. The van der Waals surface area contributed by atoms with Crippen LogP contribution < -0.4 is 10.2 Å². The van der Waals surface area contributed by atoms with Gasteiger partial charge >= 0.3 is 0 Å². The van der Waals surface area contributed by atoms with E-state index in [4.69, 9.17) is 27.7 Å². The molecule has 2 aliphatic heterocycles. The summed E-state index contributed by atoms with van der Waals surface area (Å²) < 4.78 is 4.75. The van der Waals surface area contributed by atoms with Crippen molar-refractivity contribution in [2.45, 2.75) is 38.4 Å². The maximum absolute atomic E-state index is 12.4. The summed E-state index contributed by atoms with van der Waals surface area (Å²) in [4.78, 5) is 24.4. The highest BCUT2D eigenvalue weighted by Gasteiger charge is 2.32. The van der Waals surface area contributed by atoms with Crippen LogP contribution in [0.5, 0.6) is 0 Å². The summed E-state index contributed by atoms with van der Waals surface area (Å²) >= 11 is 12.6. The van der Waals surface area contributed by atoms with Crippen LogP contribution in [-0.2, 0) is 6.54 Å². The molecule has 4 heterocycles. The number of piperidine rings is 1. The number of piperazine rings is 1. The summed E-state index contributed by atoms with van der Waals surface area (Å²) in [5, 5.41) is 7.61. The average molecular weight is 529 g/mol. The minimum atomic E-state index is -0.328. The number of anilines is 2. The minimum absolute atomic E-state index is 0.328. The normalized spacial score (nSPS) is 20.0. The molecule has 0 aliphatic carbocycles. The van der Waals surface area contributed by atoms with E-state index in [0.29, 0.717) is 28.5 Å². The summed E-state index contributed by atoms with van der Waals surface area (Å²) in [5.41, 5.74) is 1.69. The first kappa shape index (κ1) is 25.0. The number of nitrogens with zero attached hydrogens (tertiary/aromatic N) is 5. The van der Waals surface area contributed by atoms with Gasteiger partial charge in [-0.05, 0) is 56.6 Å². The molecule has 1 atom stereocenters. The van der Waals surface area contributed by atoms with Gasteiger partial charge in [0.05, 0.1) is 10.6 Å². The summed E-state index contributed by atoms with van der Waals surface area (Å²) in [7, 11) is 0. The van der Waals surface area contributed by atoms with Gasteiger partial charge in [0, 0.05) is 55.5 Å². The monoisotopic (exact) mass is 528 g/mol. The van der Waals surface area contributed by atoms with Crippen LogP contribution in [0, 0.1) is 0 Å². The number of benzene rings is 1. The van der Waals surface area contributed by atoms with Crippen LogP contribution in [0.4, 0.5) is 11.6 Å². The molecule has 5 rings (SSSR count). The fourth-order valence-electron chi connectivity index (χ4n) is 5.22. The lowest BCUT2D eigenvalue weighted by molar-refractivity contribution is 0.0690. The van der Waals surface area contributed by atoms with Gasteiger partial charge in [0.2, 0.25) is 0 Å². The molecule has 1 N–H and O–H groups in total. The molecule has 0 unspecified atom stereocenters. The topological polar surface area (TPSA) is 77.7 Å². The van der Waals surface area contributed by atoms with Crippen LogP contribution in [0.2, 0.25) is 10.0 Å². The van der Waals surface area contributed by atoms with Gasteiger partial charge in [-0.1, -0.05) is 40.5 Å². The lowest BCUT2D eigenvalue weighted by atomic mass is 9.99. The number of amides is 1. The second kappa shape index (κ2) is 11.2. The van der Waals surface area contributed by atoms with E-state index in [1.807, 2.05) is 12.1 Å². The third-order valence-corrected chi connectivity index (χ3v) is 7.62. The summed E-state index contributed by atoms with van der Waals surface area (Å²) in [6.07, 6.45) is 5.30. The predicted octanol–water partition coefficient (Wildman–Crippen LogP) is 4.80. The fraction of sp³-hybridized carbons (Fsp3) is 0.423. The number of likely N-dealkylation sites (tertiary alicyclic amines) is 1. The molecule has 1 amide bonds. The number of rotatable bonds is 6. The summed E-state index contributed by atoms with van der Waals surface area (Å²) in [6, 6.07) is 12.4. The van der Waals surface area contributed by atoms with Gasteiger partial charge in [-0.25, -0.2) is 4.98 Å². The van der Waals surface area contributed by atoms with Gasteiger partial charge in [0.25, 0.3) is 5.91 Å². The zero-order valence-corrected chi connectivity index (χ0v) is 21.8. The molecule has 0 bridgehead atoms. The van der Waals surface area contributed by atoms with Crippen LogP contribution in [0.3, 0.4) is 0 Å². The Morgan fingerprint density at radius 1 is 1.11 bits per heavy atom. The predicted molar refractivity (Wildman–Crippen MR) is 142 cm³/mol. The second-order valence-electron chi connectivity index (χ2n) is 9.53. The lowest BCUT2D eigenvalue weighted by Gasteiger charge is -2.47. The van der Waals surface area contributed by atoms with Gasteiger partial charge in [-0.15, -0.1) is 0 Å². The Kier molecular flexibility index (Phi) is 7.76. The zero-order valence-electron chi connectivity index (χ0n) is 20.2. The molecular formula is C26H30Cl2N6O2. The Balaban J connectivity index is 1.14. The van der Waals surface area contributed by atoms with Crippen molar-refractivity contribution < 1.29 is 9.32 Å². The molecule has 1 aromatic carbocycles. The molecule has 10 heteroatoms. The molecule has 8 nitrogen and oxygen atoms in total. The molecule has 2 aromatic heterocycles. The van der Waals surface area contributed by atoms with Crippen LogP contribution in [0.1, 0.15) is 35.7 Å². The van der Waals surface area contributed by atoms with Gasteiger partial charge < -0.3 is 14.7 Å². The highest BCUT2D eigenvalue weighted by Crippen LogP contribution is 2.29. The molecule has 2 saturated heterocycles. The van der Waals surface area contributed by atoms with Crippen molar-refractivity contribution in [3.05, 3.63) is 70.0 Å². The van der Waals surface area contributed by atoms with E-state index in [9.17, 15) is 4.79 Å². The number of carbonyl (C=O) groups excluding carboxylic acids is 1. The van der Waals surface area contributed by atoms with E-state index in [0.717, 1.165) is 50.1 Å². The number of hydrogen-bond donors (Lipinski definition) is 1. The number of pyridine rings is 1. The fourth-order valence-corrected chi connectivity index (χ4v) is 5.63. The van der Waals surface area contributed by atoms with Gasteiger partial charge in [0.15, 0.2) is 5.82 Å². The molecule has 0 radical (unpaired) electrons. The Labute approximate surface area is 221 Å². The van der Waals surface area contributed by atoms with Gasteiger partial charge in [-0.2, -0.15) is 0 Å². The second-order valence-corrected chi connectivity index (χ2v) is 10.4. The highest BCUT2D eigenvalue weighted by molar-refractivity contribution is 6.33. The van der Waals surface area contributed by atoms with Crippen molar-refractivity contribution in [1.29, 1.82) is 0 Å². The van der Waals surface area contributed by atoms with E-state index in [-0.39, 0.29) is 5.91 Å². The molecule has 36 heavy (non-hydrogen) atoms. The Bertz CT molecular complexity index is 1170. The molecule has 0 saturated carbocycles. The van der Waals surface area contributed by atoms with E-state index >= 15 is 0 Å². The molecule has 0 spiro atoms. The lowest BCUT2D eigenvalue weighted by Crippen LogP contribution is -2.57. The first-order chi connectivity index (χ1) is 17.5. The quantitative estimate of drug-likeness (QED) is 0.492. The number of halogens is 2. The average Bonchev–Trinajstić information content (AvgIpc) is 3.39. The van der Waals surface area contributed by atoms with E-state index < -0.39 is 0 Å².